The van der Waals surface area contributed by atoms with Crippen molar-refractivity contribution >= 4 is 18.0 Å². The largest absolute Gasteiger partial charge is 0.481 e. The zero-order valence-electron chi connectivity index (χ0n) is 12.5. The number of carbonyl (C=O) groups is 3. The first-order valence-corrected chi connectivity index (χ1v) is 7.22. The van der Waals surface area contributed by atoms with Gasteiger partial charge in [-0.25, -0.2) is 4.79 Å². The lowest BCUT2D eigenvalue weighted by Crippen LogP contribution is -2.49. The molecule has 0 bridgehead atoms. The highest BCUT2D eigenvalue weighted by molar-refractivity contribution is 5.80. The Hall–Kier alpha value is -1.79. The Morgan fingerprint density at radius 2 is 1.95 bits per heavy atom. The van der Waals surface area contributed by atoms with E-state index in [2.05, 4.69) is 0 Å². The smallest absolute Gasteiger partial charge is 0.320 e. The van der Waals surface area contributed by atoms with Crippen molar-refractivity contribution in [1.29, 1.82) is 0 Å². The molecule has 0 saturated carbocycles. The third-order valence-electron chi connectivity index (χ3n) is 4.49. The van der Waals surface area contributed by atoms with Crippen molar-refractivity contribution in [2.24, 2.45) is 11.3 Å². The Kier molecular flexibility index (Phi) is 4.39. The summed E-state index contributed by atoms with van der Waals surface area (Å²) >= 11 is 0. The standard InChI is InChI=1S/C14H22N2O5/c1-14(12(18)19)5-7-16(9-14)13(20)15-6-3-4-10(8-15)11(17)21-2/h10H,3-9H2,1-2H3,(H,18,19). The molecule has 2 aliphatic rings. The molecule has 2 amide bonds. The van der Waals surface area contributed by atoms with Gasteiger partial charge in [-0.1, -0.05) is 0 Å². The molecule has 21 heavy (non-hydrogen) atoms. The fourth-order valence-electron chi connectivity index (χ4n) is 3.01. The van der Waals surface area contributed by atoms with E-state index in [-0.39, 0.29) is 24.5 Å². The highest BCUT2D eigenvalue weighted by atomic mass is 16.5. The summed E-state index contributed by atoms with van der Waals surface area (Å²) in [7, 11) is 1.35. The van der Waals surface area contributed by atoms with Crippen molar-refractivity contribution in [3.8, 4) is 0 Å². The van der Waals surface area contributed by atoms with Crippen LogP contribution in [0.5, 0.6) is 0 Å². The minimum atomic E-state index is -0.871. The van der Waals surface area contributed by atoms with Gasteiger partial charge in [-0.2, -0.15) is 0 Å². The van der Waals surface area contributed by atoms with Crippen molar-refractivity contribution in [1.82, 2.24) is 9.80 Å². The molecule has 2 saturated heterocycles. The third kappa shape index (κ3) is 3.11. The first kappa shape index (κ1) is 15.6. The maximum Gasteiger partial charge on any atom is 0.320 e. The van der Waals surface area contributed by atoms with Crippen LogP contribution in [-0.4, -0.2) is 66.2 Å². The molecule has 2 rings (SSSR count). The molecule has 1 N–H and O–H groups in total. The number of methoxy groups -OCH3 is 1. The molecule has 7 nitrogen and oxygen atoms in total. The highest BCUT2D eigenvalue weighted by Gasteiger charge is 2.43. The number of aliphatic carboxylic acids is 1. The number of rotatable bonds is 2. The van der Waals surface area contributed by atoms with Crippen LogP contribution in [-0.2, 0) is 14.3 Å². The van der Waals surface area contributed by atoms with Crippen molar-refractivity contribution in [2.75, 3.05) is 33.3 Å². The van der Waals surface area contributed by atoms with Crippen LogP contribution in [0.1, 0.15) is 26.2 Å². The first-order chi connectivity index (χ1) is 9.87. The summed E-state index contributed by atoms with van der Waals surface area (Å²) in [6, 6.07) is -0.173. The van der Waals surface area contributed by atoms with Gasteiger partial charge in [0.05, 0.1) is 18.4 Å². The number of carbonyl (C=O) groups excluding carboxylic acids is 2. The Morgan fingerprint density at radius 3 is 2.52 bits per heavy atom. The van der Waals surface area contributed by atoms with Gasteiger partial charge in [0.2, 0.25) is 0 Å². The zero-order chi connectivity index (χ0) is 15.6. The lowest BCUT2D eigenvalue weighted by Gasteiger charge is -2.34. The van der Waals surface area contributed by atoms with Gasteiger partial charge in [0.25, 0.3) is 0 Å². The minimum Gasteiger partial charge on any atom is -0.481 e. The maximum atomic E-state index is 12.5. The van der Waals surface area contributed by atoms with Crippen molar-refractivity contribution in [3.63, 3.8) is 0 Å². The molecule has 118 valence electrons. The molecule has 0 spiro atoms. The molecule has 2 fully saturated rings. The summed E-state index contributed by atoms with van der Waals surface area (Å²) in [6.07, 6.45) is 1.95. The molecule has 2 unspecified atom stereocenters. The van der Waals surface area contributed by atoms with Crippen molar-refractivity contribution in [3.05, 3.63) is 0 Å². The lowest BCUT2D eigenvalue weighted by atomic mass is 9.90. The van der Waals surface area contributed by atoms with Gasteiger partial charge in [0, 0.05) is 26.2 Å². The maximum absolute atomic E-state index is 12.5. The SMILES string of the molecule is COC(=O)C1CCCN(C(=O)N2CCC(C)(C(=O)O)C2)C1. The van der Waals surface area contributed by atoms with E-state index in [4.69, 9.17) is 4.74 Å². The zero-order valence-corrected chi connectivity index (χ0v) is 12.5. The molecule has 0 aliphatic carbocycles. The number of hydrogen-bond donors (Lipinski definition) is 1. The van der Waals surface area contributed by atoms with Crippen LogP contribution in [0.25, 0.3) is 0 Å². The number of ether oxygens (including phenoxy) is 1. The Bertz CT molecular complexity index is 453. The predicted octanol–water partition coefficient (Wildman–Crippen LogP) is 0.788. The fourth-order valence-corrected chi connectivity index (χ4v) is 3.01. The molecule has 2 aliphatic heterocycles. The second kappa shape index (κ2) is 5.91. The van der Waals surface area contributed by atoms with E-state index >= 15 is 0 Å². The average Bonchev–Trinajstić information content (AvgIpc) is 2.89. The number of carboxylic acid groups (broad SMARTS) is 1. The molecular formula is C14H22N2O5. The summed E-state index contributed by atoms with van der Waals surface area (Å²) in [4.78, 5) is 38.5. The summed E-state index contributed by atoms with van der Waals surface area (Å²) in [5.74, 6) is -1.44. The molecule has 0 radical (unpaired) electrons. The second-order valence-corrected chi connectivity index (χ2v) is 6.13. The Morgan fingerprint density at radius 1 is 1.24 bits per heavy atom. The van der Waals surface area contributed by atoms with Crippen molar-refractivity contribution in [2.45, 2.75) is 26.2 Å². The van der Waals surface area contributed by atoms with Gasteiger partial charge in [0.15, 0.2) is 0 Å². The topological polar surface area (TPSA) is 87.2 Å². The van der Waals surface area contributed by atoms with Crippen molar-refractivity contribution < 1.29 is 24.2 Å². The second-order valence-electron chi connectivity index (χ2n) is 6.13. The quantitative estimate of drug-likeness (QED) is 0.762. The normalized spacial score (nSPS) is 29.3. The Labute approximate surface area is 123 Å². The van der Waals surface area contributed by atoms with Crippen LogP contribution >= 0.6 is 0 Å². The molecular weight excluding hydrogens is 276 g/mol. The van der Waals surface area contributed by atoms with Crippen LogP contribution < -0.4 is 0 Å². The first-order valence-electron chi connectivity index (χ1n) is 7.22. The minimum absolute atomic E-state index is 0.173. The van der Waals surface area contributed by atoms with Gasteiger partial charge in [-0.3, -0.25) is 9.59 Å². The van der Waals surface area contributed by atoms with E-state index in [1.807, 2.05) is 0 Å². The fraction of sp³-hybridized carbons (Fsp3) is 0.786. The number of amides is 2. The number of urea groups is 1. The van der Waals surface area contributed by atoms with Gasteiger partial charge >= 0.3 is 18.0 Å². The number of likely N-dealkylation sites (tertiary alicyclic amines) is 2. The number of nitrogens with zero attached hydrogens (tertiary/aromatic N) is 2. The van der Waals surface area contributed by atoms with Crippen LogP contribution in [0, 0.1) is 11.3 Å². The van der Waals surface area contributed by atoms with E-state index in [1.165, 1.54) is 7.11 Å². The number of esters is 1. The molecule has 2 atom stereocenters. The Balaban J connectivity index is 1.98. The van der Waals surface area contributed by atoms with E-state index in [0.29, 0.717) is 26.1 Å². The molecule has 0 aromatic carbocycles. The van der Waals surface area contributed by atoms with Crippen LogP contribution in [0.2, 0.25) is 0 Å². The summed E-state index contributed by atoms with van der Waals surface area (Å²) in [5, 5.41) is 9.22. The number of hydrogen-bond acceptors (Lipinski definition) is 4. The summed E-state index contributed by atoms with van der Waals surface area (Å²) in [5.41, 5.74) is -0.868. The molecule has 0 aromatic heterocycles. The van der Waals surface area contributed by atoms with Crippen LogP contribution in [0.4, 0.5) is 4.79 Å². The molecule has 7 heteroatoms. The van der Waals surface area contributed by atoms with E-state index < -0.39 is 11.4 Å². The number of piperidine rings is 1. The molecule has 2 heterocycles. The van der Waals surface area contributed by atoms with E-state index in [0.717, 1.165) is 12.8 Å². The predicted molar refractivity (Wildman–Crippen MR) is 73.6 cm³/mol. The highest BCUT2D eigenvalue weighted by Crippen LogP contribution is 2.31. The third-order valence-corrected chi connectivity index (χ3v) is 4.49. The number of carboxylic acids is 1. The van der Waals surface area contributed by atoms with Crippen LogP contribution in [0.15, 0.2) is 0 Å². The van der Waals surface area contributed by atoms with Crippen LogP contribution in [0.3, 0.4) is 0 Å². The average molecular weight is 298 g/mol. The monoisotopic (exact) mass is 298 g/mol. The summed E-state index contributed by atoms with van der Waals surface area (Å²) in [6.45, 7) is 3.29. The van der Waals surface area contributed by atoms with Gasteiger partial charge in [-0.05, 0) is 26.2 Å². The summed E-state index contributed by atoms with van der Waals surface area (Å²) < 4.78 is 4.74. The van der Waals surface area contributed by atoms with Gasteiger partial charge < -0.3 is 19.6 Å². The van der Waals surface area contributed by atoms with E-state index in [1.54, 1.807) is 16.7 Å². The lowest BCUT2D eigenvalue weighted by molar-refractivity contribution is -0.147. The molecule has 0 aromatic rings. The van der Waals surface area contributed by atoms with E-state index in [9.17, 15) is 19.5 Å². The van der Waals surface area contributed by atoms with Gasteiger partial charge in [0.1, 0.15) is 0 Å². The van der Waals surface area contributed by atoms with Gasteiger partial charge in [-0.15, -0.1) is 0 Å².